The van der Waals surface area contributed by atoms with Crippen LogP contribution in [-0.4, -0.2) is 27.8 Å². The van der Waals surface area contributed by atoms with Gasteiger partial charge in [0, 0.05) is 12.1 Å². The Bertz CT molecular complexity index is 918. The molecule has 2 aromatic heterocycles. The summed E-state index contributed by atoms with van der Waals surface area (Å²) in [5, 5.41) is 14.9. The van der Waals surface area contributed by atoms with Crippen LogP contribution < -0.4 is 11.0 Å². The maximum Gasteiger partial charge on any atom is 0.276 e. The van der Waals surface area contributed by atoms with Gasteiger partial charge in [-0.15, -0.1) is 0 Å². The number of benzene rings is 1. The molecule has 3 N–H and O–H groups in total. The fourth-order valence-corrected chi connectivity index (χ4v) is 2.35. The van der Waals surface area contributed by atoms with Crippen molar-refractivity contribution in [1.29, 1.82) is 0 Å². The summed E-state index contributed by atoms with van der Waals surface area (Å²) in [7, 11) is 1.56. The van der Waals surface area contributed by atoms with Crippen LogP contribution in [-0.2, 0) is 0 Å². The zero-order chi connectivity index (χ0) is 16.4. The van der Waals surface area contributed by atoms with E-state index in [0.717, 1.165) is 0 Å². The van der Waals surface area contributed by atoms with Crippen molar-refractivity contribution in [1.82, 2.24) is 15.4 Å². The predicted molar refractivity (Wildman–Crippen MR) is 86.6 cm³/mol. The zero-order valence-corrected chi connectivity index (χ0v) is 12.8. The van der Waals surface area contributed by atoms with E-state index in [1.807, 2.05) is 0 Å². The summed E-state index contributed by atoms with van der Waals surface area (Å²) in [6.07, 6.45) is 0.200. The van der Waals surface area contributed by atoms with Gasteiger partial charge in [0.05, 0.1) is 17.3 Å². The minimum atomic E-state index is -1.23. The third-order valence-corrected chi connectivity index (χ3v) is 3.44. The van der Waals surface area contributed by atoms with Gasteiger partial charge in [0.15, 0.2) is 11.8 Å². The molecule has 118 valence electrons. The second-order valence-electron chi connectivity index (χ2n) is 4.71. The lowest BCUT2D eigenvalue weighted by Gasteiger charge is -2.11. The van der Waals surface area contributed by atoms with Crippen molar-refractivity contribution in [2.24, 2.45) is 5.10 Å². The molecule has 0 aliphatic carbocycles. The molecule has 0 bridgehead atoms. The van der Waals surface area contributed by atoms with Crippen molar-refractivity contribution in [3.8, 4) is 0 Å². The van der Waals surface area contributed by atoms with E-state index in [2.05, 4.69) is 20.5 Å². The van der Waals surface area contributed by atoms with Gasteiger partial charge in [0.1, 0.15) is 11.5 Å². The first kappa shape index (κ1) is 15.3. The minimum absolute atomic E-state index is 0.00178. The molecule has 0 amide bonds. The van der Waals surface area contributed by atoms with Gasteiger partial charge in [-0.1, -0.05) is 11.6 Å². The largest absolute Gasteiger partial charge is 0.466 e. The van der Waals surface area contributed by atoms with Crippen LogP contribution in [0.5, 0.6) is 0 Å². The molecule has 1 unspecified atom stereocenters. The molecule has 3 rings (SSSR count). The third kappa shape index (κ3) is 2.96. The van der Waals surface area contributed by atoms with Gasteiger partial charge in [-0.25, -0.2) is 4.98 Å². The zero-order valence-electron chi connectivity index (χ0n) is 12.1. The van der Waals surface area contributed by atoms with Gasteiger partial charge in [-0.05, 0) is 30.3 Å². The second-order valence-corrected chi connectivity index (χ2v) is 5.15. The van der Waals surface area contributed by atoms with Crippen LogP contribution in [0.15, 0.2) is 50.9 Å². The molecular weight excluding hydrogens is 320 g/mol. The standard InChI is InChI=1S/C15H13ClN4O3/c1-17-20-12(14(21)11-3-2-6-23-11)13-15(22)19-10-7-8(16)4-5-9(10)18-13/h2-7,14,17,21H,1H3,(H,19,22)/b20-12-. The van der Waals surface area contributed by atoms with Gasteiger partial charge in [0.2, 0.25) is 0 Å². The average molecular weight is 333 g/mol. The Kier molecular flexibility index (Phi) is 4.14. The van der Waals surface area contributed by atoms with Crippen LogP contribution in [0.3, 0.4) is 0 Å². The van der Waals surface area contributed by atoms with Crippen molar-refractivity contribution >= 4 is 28.3 Å². The van der Waals surface area contributed by atoms with Crippen molar-refractivity contribution in [3.63, 3.8) is 0 Å². The first-order valence-electron chi connectivity index (χ1n) is 6.76. The summed E-state index contributed by atoms with van der Waals surface area (Å²) in [6.45, 7) is 0. The normalized spacial score (nSPS) is 13.3. The molecule has 0 fully saturated rings. The molecule has 8 heteroatoms. The summed E-state index contributed by atoms with van der Waals surface area (Å²) < 4.78 is 5.17. The highest BCUT2D eigenvalue weighted by atomic mass is 35.5. The highest BCUT2D eigenvalue weighted by molar-refractivity contribution is 6.31. The molecule has 1 atom stereocenters. The number of H-pyrrole nitrogens is 1. The Balaban J connectivity index is 2.15. The Morgan fingerprint density at radius 3 is 3.00 bits per heavy atom. The van der Waals surface area contributed by atoms with Crippen LogP contribution in [0.4, 0.5) is 0 Å². The van der Waals surface area contributed by atoms with E-state index >= 15 is 0 Å². The summed E-state index contributed by atoms with van der Waals surface area (Å²) >= 11 is 5.91. The second kappa shape index (κ2) is 6.23. The monoisotopic (exact) mass is 332 g/mol. The van der Waals surface area contributed by atoms with Gasteiger partial charge >= 0.3 is 0 Å². The Morgan fingerprint density at radius 1 is 1.48 bits per heavy atom. The van der Waals surface area contributed by atoms with E-state index < -0.39 is 11.7 Å². The first-order valence-corrected chi connectivity index (χ1v) is 7.13. The SMILES string of the molecule is CN/N=C(/c1nc2ccc(Cl)cc2[nH]c1=O)C(O)c1ccco1. The minimum Gasteiger partial charge on any atom is -0.466 e. The molecule has 0 radical (unpaired) electrons. The van der Waals surface area contributed by atoms with Crippen LogP contribution >= 0.6 is 11.6 Å². The number of aliphatic hydroxyl groups is 1. The van der Waals surface area contributed by atoms with E-state index in [-0.39, 0.29) is 17.2 Å². The van der Waals surface area contributed by atoms with Crippen LogP contribution in [0.1, 0.15) is 17.6 Å². The Hall–Kier alpha value is -2.64. The molecule has 0 spiro atoms. The van der Waals surface area contributed by atoms with E-state index in [0.29, 0.717) is 16.1 Å². The summed E-state index contributed by atoms with van der Waals surface area (Å²) in [5.74, 6) is 0.261. The molecular formula is C15H13ClN4O3. The van der Waals surface area contributed by atoms with Gasteiger partial charge in [-0.2, -0.15) is 5.10 Å². The number of furan rings is 1. The molecule has 0 aliphatic heterocycles. The number of hydrazone groups is 1. The number of nitrogens with one attached hydrogen (secondary N) is 2. The lowest BCUT2D eigenvalue weighted by molar-refractivity contribution is 0.214. The van der Waals surface area contributed by atoms with E-state index in [1.165, 1.54) is 6.26 Å². The van der Waals surface area contributed by atoms with Crippen molar-refractivity contribution in [2.75, 3.05) is 7.05 Å². The van der Waals surface area contributed by atoms with Crippen LogP contribution in [0, 0.1) is 0 Å². The number of hydrogen-bond acceptors (Lipinski definition) is 6. The smallest absolute Gasteiger partial charge is 0.276 e. The van der Waals surface area contributed by atoms with E-state index in [4.69, 9.17) is 16.0 Å². The maximum absolute atomic E-state index is 12.3. The summed E-state index contributed by atoms with van der Waals surface area (Å²) in [6, 6.07) is 8.16. The lowest BCUT2D eigenvalue weighted by Crippen LogP contribution is -2.27. The molecule has 0 aliphatic rings. The molecule has 3 aromatic rings. The predicted octanol–water partition coefficient (Wildman–Crippen LogP) is 1.83. The molecule has 2 heterocycles. The summed E-state index contributed by atoms with van der Waals surface area (Å²) in [4.78, 5) is 19.3. The number of rotatable bonds is 4. The number of hydrogen-bond donors (Lipinski definition) is 3. The van der Waals surface area contributed by atoms with Crippen molar-refractivity contribution in [3.05, 3.63) is 63.4 Å². The van der Waals surface area contributed by atoms with Gasteiger partial charge in [0.25, 0.3) is 5.56 Å². The molecule has 7 nitrogen and oxygen atoms in total. The number of aliphatic hydroxyl groups excluding tert-OH is 1. The molecule has 1 aromatic carbocycles. The molecule has 0 saturated heterocycles. The fourth-order valence-electron chi connectivity index (χ4n) is 2.18. The highest BCUT2D eigenvalue weighted by Crippen LogP contribution is 2.19. The Morgan fingerprint density at radius 2 is 2.30 bits per heavy atom. The number of aromatic amines is 1. The number of halogens is 1. The molecule has 0 saturated carbocycles. The lowest BCUT2D eigenvalue weighted by atomic mass is 10.1. The number of aromatic nitrogens is 2. The number of nitrogens with zero attached hydrogens (tertiary/aromatic N) is 2. The van der Waals surface area contributed by atoms with Gasteiger partial charge < -0.3 is 19.9 Å². The average Bonchev–Trinajstić information content (AvgIpc) is 3.06. The number of fused-ring (bicyclic) bond motifs is 1. The highest BCUT2D eigenvalue weighted by Gasteiger charge is 2.24. The van der Waals surface area contributed by atoms with Gasteiger partial charge in [-0.3, -0.25) is 4.79 Å². The van der Waals surface area contributed by atoms with Crippen LogP contribution in [0.25, 0.3) is 11.0 Å². The first-order chi connectivity index (χ1) is 11.1. The Labute approximate surface area is 135 Å². The fraction of sp³-hybridized carbons (Fsp3) is 0.133. The van der Waals surface area contributed by atoms with E-state index in [1.54, 1.807) is 37.4 Å². The van der Waals surface area contributed by atoms with Crippen molar-refractivity contribution < 1.29 is 9.52 Å². The maximum atomic E-state index is 12.3. The van der Waals surface area contributed by atoms with E-state index in [9.17, 15) is 9.90 Å². The quantitative estimate of drug-likeness (QED) is 0.499. The summed E-state index contributed by atoms with van der Waals surface area (Å²) in [5.41, 5.74) is 3.16. The molecule has 23 heavy (non-hydrogen) atoms. The van der Waals surface area contributed by atoms with Crippen LogP contribution in [0.2, 0.25) is 5.02 Å². The topological polar surface area (TPSA) is 104 Å². The van der Waals surface area contributed by atoms with Crippen molar-refractivity contribution in [2.45, 2.75) is 6.10 Å². The third-order valence-electron chi connectivity index (χ3n) is 3.20.